The maximum absolute atomic E-state index is 12.2. The van der Waals surface area contributed by atoms with Crippen molar-refractivity contribution in [3.8, 4) is 0 Å². The van der Waals surface area contributed by atoms with E-state index in [2.05, 4.69) is 10.3 Å². The standard InChI is InChI=1S/C14H24N4O3/c1-7-21-14(20)12-13(9(2)3)18(16-15-12)8-11(19)17(6)10(4)5/h9-10H,7-8H2,1-6H3. The van der Waals surface area contributed by atoms with Gasteiger partial charge in [0.25, 0.3) is 0 Å². The Morgan fingerprint density at radius 1 is 1.29 bits per heavy atom. The summed E-state index contributed by atoms with van der Waals surface area (Å²) in [6, 6.07) is 0.105. The first kappa shape index (κ1) is 17.1. The van der Waals surface area contributed by atoms with Crippen molar-refractivity contribution >= 4 is 11.9 Å². The molecule has 0 aliphatic rings. The molecule has 0 bridgehead atoms. The molecule has 0 N–H and O–H groups in total. The summed E-state index contributed by atoms with van der Waals surface area (Å²) in [6.45, 7) is 9.80. The van der Waals surface area contributed by atoms with Gasteiger partial charge in [0.05, 0.1) is 12.3 Å². The SMILES string of the molecule is CCOC(=O)c1nnn(CC(=O)N(C)C(C)C)c1C(C)C. The smallest absolute Gasteiger partial charge is 0.360 e. The second-order valence-electron chi connectivity index (χ2n) is 5.45. The topological polar surface area (TPSA) is 77.3 Å². The second-order valence-corrected chi connectivity index (χ2v) is 5.45. The normalized spacial score (nSPS) is 11.0. The average Bonchev–Trinajstić information content (AvgIpc) is 2.81. The minimum atomic E-state index is -0.503. The molecule has 0 radical (unpaired) electrons. The predicted octanol–water partition coefficient (Wildman–Crippen LogP) is 1.44. The zero-order chi connectivity index (χ0) is 16.2. The van der Waals surface area contributed by atoms with Crippen molar-refractivity contribution in [1.82, 2.24) is 19.9 Å². The first-order chi connectivity index (χ1) is 9.79. The summed E-state index contributed by atoms with van der Waals surface area (Å²) in [4.78, 5) is 25.7. The number of aromatic nitrogens is 3. The Hall–Kier alpha value is -1.92. The van der Waals surface area contributed by atoms with E-state index in [1.54, 1.807) is 18.9 Å². The molecule has 0 saturated heterocycles. The van der Waals surface area contributed by atoms with E-state index in [1.165, 1.54) is 4.68 Å². The minimum absolute atomic E-state index is 0.0107. The third-order valence-corrected chi connectivity index (χ3v) is 3.24. The van der Waals surface area contributed by atoms with E-state index in [1.807, 2.05) is 27.7 Å². The van der Waals surface area contributed by atoms with Crippen LogP contribution < -0.4 is 0 Å². The number of esters is 1. The quantitative estimate of drug-likeness (QED) is 0.742. The molecule has 118 valence electrons. The number of rotatable bonds is 6. The molecule has 0 aliphatic heterocycles. The summed E-state index contributed by atoms with van der Waals surface area (Å²) in [6.07, 6.45) is 0. The fourth-order valence-electron chi connectivity index (χ4n) is 1.88. The third-order valence-electron chi connectivity index (χ3n) is 3.24. The van der Waals surface area contributed by atoms with Crippen molar-refractivity contribution in [3.63, 3.8) is 0 Å². The summed E-state index contributed by atoms with van der Waals surface area (Å²) < 4.78 is 6.46. The number of likely N-dealkylation sites (N-methyl/N-ethyl adjacent to an activating group) is 1. The van der Waals surface area contributed by atoms with Crippen LogP contribution in [0.1, 0.15) is 56.7 Å². The number of nitrogens with zero attached hydrogens (tertiary/aromatic N) is 4. The highest BCUT2D eigenvalue weighted by Gasteiger charge is 2.25. The molecule has 1 amide bonds. The molecule has 0 aromatic carbocycles. The van der Waals surface area contributed by atoms with E-state index in [4.69, 9.17) is 4.74 Å². The maximum Gasteiger partial charge on any atom is 0.360 e. The van der Waals surface area contributed by atoms with E-state index in [9.17, 15) is 9.59 Å². The monoisotopic (exact) mass is 296 g/mol. The molecule has 0 aliphatic carbocycles. The van der Waals surface area contributed by atoms with Crippen LogP contribution in [0.4, 0.5) is 0 Å². The molecule has 1 heterocycles. The van der Waals surface area contributed by atoms with Crippen molar-refractivity contribution in [3.05, 3.63) is 11.4 Å². The number of hydrogen-bond acceptors (Lipinski definition) is 5. The lowest BCUT2D eigenvalue weighted by Crippen LogP contribution is -2.36. The first-order valence-electron chi connectivity index (χ1n) is 7.15. The molecule has 0 atom stereocenters. The molecular weight excluding hydrogens is 272 g/mol. The molecule has 0 saturated carbocycles. The highest BCUT2D eigenvalue weighted by molar-refractivity contribution is 5.88. The van der Waals surface area contributed by atoms with Gasteiger partial charge in [-0.05, 0) is 26.7 Å². The van der Waals surface area contributed by atoms with Crippen LogP contribution in [0, 0.1) is 0 Å². The summed E-state index contributed by atoms with van der Waals surface area (Å²) in [5.41, 5.74) is 0.811. The van der Waals surface area contributed by atoms with Crippen LogP contribution in [0.5, 0.6) is 0 Å². The number of carbonyl (C=O) groups excluding carboxylic acids is 2. The van der Waals surface area contributed by atoms with Crippen LogP contribution in [0.25, 0.3) is 0 Å². The van der Waals surface area contributed by atoms with Gasteiger partial charge in [-0.2, -0.15) is 0 Å². The predicted molar refractivity (Wildman–Crippen MR) is 78.0 cm³/mol. The molecule has 0 fully saturated rings. The van der Waals surface area contributed by atoms with Crippen molar-refractivity contribution in [1.29, 1.82) is 0 Å². The number of amides is 1. The van der Waals surface area contributed by atoms with Crippen molar-refractivity contribution < 1.29 is 14.3 Å². The van der Waals surface area contributed by atoms with Gasteiger partial charge in [-0.15, -0.1) is 5.10 Å². The Morgan fingerprint density at radius 3 is 2.38 bits per heavy atom. The zero-order valence-corrected chi connectivity index (χ0v) is 13.6. The fourth-order valence-corrected chi connectivity index (χ4v) is 1.88. The molecule has 1 rings (SSSR count). The Balaban J connectivity index is 3.03. The average molecular weight is 296 g/mol. The molecule has 7 heteroatoms. The van der Waals surface area contributed by atoms with Crippen LogP contribution >= 0.6 is 0 Å². The second kappa shape index (κ2) is 7.19. The van der Waals surface area contributed by atoms with Crippen molar-refractivity contribution in [2.24, 2.45) is 0 Å². The number of hydrogen-bond donors (Lipinski definition) is 0. The zero-order valence-electron chi connectivity index (χ0n) is 13.6. The van der Waals surface area contributed by atoms with Crippen LogP contribution in [0.15, 0.2) is 0 Å². The van der Waals surface area contributed by atoms with Crippen LogP contribution in [0.2, 0.25) is 0 Å². The van der Waals surface area contributed by atoms with Crippen LogP contribution in [0.3, 0.4) is 0 Å². The van der Waals surface area contributed by atoms with Gasteiger partial charge < -0.3 is 9.64 Å². The van der Waals surface area contributed by atoms with Crippen LogP contribution in [-0.4, -0.2) is 51.5 Å². The Kier molecular flexibility index (Phi) is 5.87. The van der Waals surface area contributed by atoms with Gasteiger partial charge >= 0.3 is 5.97 Å². The van der Waals surface area contributed by atoms with Gasteiger partial charge in [0.1, 0.15) is 6.54 Å². The van der Waals surface area contributed by atoms with E-state index >= 15 is 0 Å². The third kappa shape index (κ3) is 4.03. The van der Waals surface area contributed by atoms with Gasteiger partial charge in [0, 0.05) is 13.1 Å². The fraction of sp³-hybridized carbons (Fsp3) is 0.714. The lowest BCUT2D eigenvalue weighted by Gasteiger charge is -2.22. The van der Waals surface area contributed by atoms with Crippen molar-refractivity contribution in [2.75, 3.05) is 13.7 Å². The van der Waals surface area contributed by atoms with E-state index in [0.717, 1.165) is 0 Å². The number of carbonyl (C=O) groups is 2. The van der Waals surface area contributed by atoms with Gasteiger partial charge in [0.2, 0.25) is 5.91 Å². The van der Waals surface area contributed by atoms with Gasteiger partial charge in [0.15, 0.2) is 5.69 Å². The summed E-state index contributed by atoms with van der Waals surface area (Å²) in [5, 5.41) is 7.82. The molecule has 0 spiro atoms. The molecule has 0 unspecified atom stereocenters. The highest BCUT2D eigenvalue weighted by Crippen LogP contribution is 2.18. The summed E-state index contributed by atoms with van der Waals surface area (Å²) >= 11 is 0. The maximum atomic E-state index is 12.2. The summed E-state index contributed by atoms with van der Waals surface area (Å²) in [7, 11) is 1.74. The largest absolute Gasteiger partial charge is 0.461 e. The first-order valence-corrected chi connectivity index (χ1v) is 7.15. The van der Waals surface area contributed by atoms with E-state index in [0.29, 0.717) is 5.69 Å². The Labute approximate surface area is 125 Å². The summed E-state index contributed by atoms with van der Waals surface area (Å²) in [5.74, 6) is -0.569. The Bertz CT molecular complexity index is 508. The van der Waals surface area contributed by atoms with Gasteiger partial charge in [-0.3, -0.25) is 4.79 Å². The van der Waals surface area contributed by atoms with E-state index in [-0.39, 0.29) is 36.7 Å². The van der Waals surface area contributed by atoms with Gasteiger partial charge in [-0.25, -0.2) is 9.48 Å². The highest BCUT2D eigenvalue weighted by atomic mass is 16.5. The van der Waals surface area contributed by atoms with Crippen molar-refractivity contribution in [2.45, 2.75) is 53.1 Å². The lowest BCUT2D eigenvalue weighted by molar-refractivity contribution is -0.132. The number of ether oxygens (including phenoxy) is 1. The molecule has 7 nitrogen and oxygen atoms in total. The lowest BCUT2D eigenvalue weighted by atomic mass is 10.1. The van der Waals surface area contributed by atoms with Gasteiger partial charge in [-0.1, -0.05) is 19.1 Å². The molecule has 1 aromatic rings. The molecule has 21 heavy (non-hydrogen) atoms. The molecule has 1 aromatic heterocycles. The Morgan fingerprint density at radius 2 is 1.90 bits per heavy atom. The molecular formula is C14H24N4O3. The van der Waals surface area contributed by atoms with E-state index < -0.39 is 5.97 Å². The minimum Gasteiger partial charge on any atom is -0.461 e. The van der Waals surface area contributed by atoms with Crippen LogP contribution in [-0.2, 0) is 16.1 Å².